The number of nitrogens with two attached hydrogens (primary N) is 1. The summed E-state index contributed by atoms with van der Waals surface area (Å²) in [6.07, 6.45) is 2.59. The van der Waals surface area contributed by atoms with Crippen LogP contribution in [0.15, 0.2) is 23.5 Å². The molecule has 10 heteroatoms. The van der Waals surface area contributed by atoms with Crippen LogP contribution in [0.1, 0.15) is 24.6 Å². The quantitative estimate of drug-likeness (QED) is 0.545. The van der Waals surface area contributed by atoms with Gasteiger partial charge in [-0.05, 0) is 41.7 Å². The number of hydrogen-bond donors (Lipinski definition) is 3. The van der Waals surface area contributed by atoms with E-state index in [9.17, 15) is 4.55 Å². The second-order valence-electron chi connectivity index (χ2n) is 5.38. The number of nitrogen functional groups attached to an aromatic ring is 1. The molecule has 2 aromatic rings. The van der Waals surface area contributed by atoms with Gasteiger partial charge in [0.15, 0.2) is 23.1 Å². The van der Waals surface area contributed by atoms with Gasteiger partial charge < -0.3 is 10.3 Å². The van der Waals surface area contributed by atoms with Crippen LogP contribution in [-0.4, -0.2) is 25.3 Å². The summed E-state index contributed by atoms with van der Waals surface area (Å²) in [5.41, 5.74) is 8.32. The van der Waals surface area contributed by atoms with Crippen molar-refractivity contribution < 1.29 is 4.55 Å². The fourth-order valence-electron chi connectivity index (χ4n) is 2.35. The first-order chi connectivity index (χ1) is 11.5. The van der Waals surface area contributed by atoms with E-state index in [1.165, 1.54) is 0 Å². The summed E-state index contributed by atoms with van der Waals surface area (Å²) in [5.74, 6) is 1.40. The number of nitrogens with zero attached hydrogens (tertiary/aromatic N) is 4. The van der Waals surface area contributed by atoms with Crippen molar-refractivity contribution in [3.05, 3.63) is 29.6 Å². The largest absolute Gasteiger partial charge is 0.568 e. The van der Waals surface area contributed by atoms with Crippen molar-refractivity contribution in [3.8, 4) is 0 Å². The highest BCUT2D eigenvalue weighted by atomic mass is 32.2. The van der Waals surface area contributed by atoms with Gasteiger partial charge in [-0.2, -0.15) is 9.71 Å². The van der Waals surface area contributed by atoms with Crippen LogP contribution in [0.3, 0.4) is 0 Å². The molecular formula is C14H19N7OS2. The third kappa shape index (κ3) is 3.30. The van der Waals surface area contributed by atoms with Crippen molar-refractivity contribution in [1.82, 2.24) is 15.0 Å². The Morgan fingerprint density at radius 3 is 2.96 bits per heavy atom. The van der Waals surface area contributed by atoms with Gasteiger partial charge >= 0.3 is 0 Å². The topological polar surface area (TPSA) is 127 Å². The highest BCUT2D eigenvalue weighted by Crippen LogP contribution is 2.38. The normalized spacial score (nSPS) is 17.5. The number of aromatic nitrogens is 3. The molecule has 4 N–H and O–H groups in total. The highest BCUT2D eigenvalue weighted by Gasteiger charge is 2.37. The molecule has 2 atom stereocenters. The van der Waals surface area contributed by atoms with E-state index in [1.807, 2.05) is 26.0 Å². The molecule has 24 heavy (non-hydrogen) atoms. The van der Waals surface area contributed by atoms with E-state index in [2.05, 4.69) is 19.7 Å². The van der Waals surface area contributed by atoms with Crippen molar-refractivity contribution in [2.45, 2.75) is 32.0 Å². The molecular weight excluding hydrogens is 346 g/mol. The lowest BCUT2D eigenvalue weighted by Crippen LogP contribution is -2.30. The van der Waals surface area contributed by atoms with Crippen LogP contribution in [0.4, 0.5) is 17.3 Å². The highest BCUT2D eigenvalue weighted by molar-refractivity contribution is 7.94. The molecule has 0 fully saturated rings. The first-order valence-corrected chi connectivity index (χ1v) is 9.97. The van der Waals surface area contributed by atoms with Crippen LogP contribution in [0.25, 0.3) is 0 Å². The Morgan fingerprint density at radius 2 is 2.25 bits per heavy atom. The number of fused-ring (bicyclic) bond motifs is 1. The molecule has 0 aromatic carbocycles. The van der Waals surface area contributed by atoms with Gasteiger partial charge in [0, 0.05) is 17.6 Å². The van der Waals surface area contributed by atoms with E-state index in [1.54, 1.807) is 10.5 Å². The van der Waals surface area contributed by atoms with Crippen molar-refractivity contribution in [1.29, 1.82) is 4.78 Å². The first kappa shape index (κ1) is 16.9. The SMILES string of the molecule is CCCS(=N)c1nc(N)c2c(n1)N(Cc1ccnc(C)c1)[S+]([O-])N2. The van der Waals surface area contributed by atoms with Crippen molar-refractivity contribution >= 4 is 39.6 Å². The zero-order chi connectivity index (χ0) is 17.3. The average Bonchev–Trinajstić information content (AvgIpc) is 2.85. The van der Waals surface area contributed by atoms with Crippen LogP contribution >= 0.6 is 0 Å². The average molecular weight is 365 g/mol. The Balaban J connectivity index is 1.95. The van der Waals surface area contributed by atoms with Crippen LogP contribution in [-0.2, 0) is 28.8 Å². The number of aryl methyl sites for hydroxylation is 1. The molecule has 1 aliphatic rings. The van der Waals surface area contributed by atoms with Crippen molar-refractivity contribution in [3.63, 3.8) is 0 Å². The minimum Gasteiger partial charge on any atom is -0.568 e. The molecule has 0 bridgehead atoms. The zero-order valence-corrected chi connectivity index (χ0v) is 15.1. The summed E-state index contributed by atoms with van der Waals surface area (Å²) < 4.78 is 25.0. The fraction of sp³-hybridized carbons (Fsp3) is 0.357. The van der Waals surface area contributed by atoms with Gasteiger partial charge in [-0.15, -0.1) is 4.31 Å². The standard InChI is InChI=1S/C14H19N7OS2/c1-3-6-23(16)14-18-12(15)11-13(19-14)21(24(22)20-11)8-10-4-5-17-9(2)7-10/h4-5,7,16,20H,3,6,8H2,1-2H3,(H2,15,18,19). The van der Waals surface area contributed by atoms with Gasteiger partial charge in [-0.25, -0.2) is 4.98 Å². The molecule has 1 aliphatic heterocycles. The Kier molecular flexibility index (Phi) is 4.88. The van der Waals surface area contributed by atoms with Gasteiger partial charge in [0.1, 0.15) is 0 Å². The van der Waals surface area contributed by atoms with E-state index < -0.39 is 22.2 Å². The Bertz CT molecular complexity index is 786. The molecule has 0 radical (unpaired) electrons. The van der Waals surface area contributed by atoms with Crippen LogP contribution < -0.4 is 14.8 Å². The first-order valence-electron chi connectivity index (χ1n) is 7.47. The molecule has 8 nitrogen and oxygen atoms in total. The Labute approximate surface area is 146 Å². The lowest BCUT2D eigenvalue weighted by molar-refractivity contribution is 0.596. The lowest BCUT2D eigenvalue weighted by Gasteiger charge is -2.16. The number of pyridine rings is 1. The number of anilines is 3. The van der Waals surface area contributed by atoms with Crippen LogP contribution in [0.5, 0.6) is 0 Å². The summed E-state index contributed by atoms with van der Waals surface area (Å²) in [5, 5.41) is 0.393. The predicted octanol–water partition coefficient (Wildman–Crippen LogP) is 1.92. The third-order valence-corrected chi connectivity index (χ3v) is 5.96. The summed E-state index contributed by atoms with van der Waals surface area (Å²) in [4.78, 5) is 12.9. The molecule has 2 unspecified atom stereocenters. The summed E-state index contributed by atoms with van der Waals surface area (Å²) >= 11 is -1.48. The minimum absolute atomic E-state index is 0.234. The van der Waals surface area contributed by atoms with Gasteiger partial charge in [0.25, 0.3) is 0 Å². The maximum absolute atomic E-state index is 12.4. The maximum atomic E-state index is 12.4. The van der Waals surface area contributed by atoms with Gasteiger partial charge in [-0.3, -0.25) is 9.76 Å². The predicted molar refractivity (Wildman–Crippen MR) is 96.9 cm³/mol. The van der Waals surface area contributed by atoms with E-state index in [0.717, 1.165) is 17.7 Å². The zero-order valence-electron chi connectivity index (χ0n) is 13.4. The molecule has 0 amide bonds. The van der Waals surface area contributed by atoms with E-state index in [-0.39, 0.29) is 5.82 Å². The van der Waals surface area contributed by atoms with Crippen molar-refractivity contribution in [2.75, 3.05) is 20.5 Å². The van der Waals surface area contributed by atoms with E-state index in [0.29, 0.717) is 29.0 Å². The number of nitrogens with one attached hydrogen (secondary N) is 2. The van der Waals surface area contributed by atoms with E-state index in [4.69, 9.17) is 10.5 Å². The Hall–Kier alpha value is -1.91. The second-order valence-corrected chi connectivity index (χ2v) is 8.08. The minimum atomic E-state index is -1.48. The fourth-order valence-corrected chi connectivity index (χ4v) is 4.38. The summed E-state index contributed by atoms with van der Waals surface area (Å²) in [7, 11) is -0.828. The van der Waals surface area contributed by atoms with Crippen molar-refractivity contribution in [2.24, 2.45) is 0 Å². The molecule has 128 valence electrons. The van der Waals surface area contributed by atoms with Gasteiger partial charge in [0.2, 0.25) is 11.0 Å². The number of rotatable bonds is 5. The molecule has 3 rings (SSSR count). The number of hydrogen-bond acceptors (Lipinski definition) is 8. The maximum Gasteiger partial charge on any atom is 0.210 e. The van der Waals surface area contributed by atoms with Crippen LogP contribution in [0.2, 0.25) is 0 Å². The van der Waals surface area contributed by atoms with Crippen LogP contribution in [0, 0.1) is 11.7 Å². The smallest absolute Gasteiger partial charge is 0.210 e. The van der Waals surface area contributed by atoms with Gasteiger partial charge in [-0.1, -0.05) is 6.92 Å². The third-order valence-electron chi connectivity index (χ3n) is 3.44. The van der Waals surface area contributed by atoms with Gasteiger partial charge in [0.05, 0.1) is 6.54 Å². The molecule has 2 aromatic heterocycles. The molecule has 0 saturated carbocycles. The molecule has 0 saturated heterocycles. The summed E-state index contributed by atoms with van der Waals surface area (Å²) in [6.45, 7) is 4.33. The molecule has 0 aliphatic carbocycles. The molecule has 3 heterocycles. The van der Waals surface area contributed by atoms with E-state index >= 15 is 0 Å². The monoisotopic (exact) mass is 365 g/mol. The molecule has 0 spiro atoms. The lowest BCUT2D eigenvalue weighted by atomic mass is 10.2. The Morgan fingerprint density at radius 1 is 1.46 bits per heavy atom. The summed E-state index contributed by atoms with van der Waals surface area (Å²) in [6, 6.07) is 3.81. The second kappa shape index (κ2) is 6.91.